The van der Waals surface area contributed by atoms with E-state index in [2.05, 4.69) is 31.3 Å². The summed E-state index contributed by atoms with van der Waals surface area (Å²) < 4.78 is 21.2. The molecule has 38 heavy (non-hydrogen) atoms. The molecule has 0 fully saturated rings. The van der Waals surface area contributed by atoms with Crippen LogP contribution >= 0.6 is 15.9 Å². The number of nitro groups is 1. The first-order valence-corrected chi connectivity index (χ1v) is 12.2. The van der Waals surface area contributed by atoms with Crippen molar-refractivity contribution in [3.8, 4) is 5.75 Å². The number of rotatable bonds is 8. The fourth-order valence-corrected chi connectivity index (χ4v) is 3.91. The fourth-order valence-electron chi connectivity index (χ4n) is 3.55. The number of halogens is 2. The first-order chi connectivity index (χ1) is 18.1. The molecule has 10 nitrogen and oxygen atoms in total. The van der Waals surface area contributed by atoms with Gasteiger partial charge in [0, 0.05) is 28.1 Å². The summed E-state index contributed by atoms with van der Waals surface area (Å²) in [5, 5.41) is 18.4. The highest BCUT2D eigenvalue weighted by molar-refractivity contribution is 9.10. The summed E-state index contributed by atoms with van der Waals surface area (Å²) in [5.41, 5.74) is -0.0231. The number of hydrogen-bond donors (Lipinski definition) is 1. The third-order valence-corrected chi connectivity index (χ3v) is 5.87. The molecule has 4 aromatic rings. The zero-order valence-corrected chi connectivity index (χ0v) is 21.8. The van der Waals surface area contributed by atoms with Gasteiger partial charge >= 0.3 is 0 Å². The Kier molecular flexibility index (Phi) is 7.91. The number of nitrogens with one attached hydrogen (secondary N) is 1. The standard InChI is InChI=1S/C26H21BrFN5O5/c1-15(2)25-31-21-9-7-17(27)12-19(21)26(35)32(25)29-13-16-11-18(33(36)37)8-10-23(16)38-14-24(34)30-22-6-4-3-5-20(22)28/h3-13,15H,14H2,1-2H3,(H,30,34). The highest BCUT2D eigenvalue weighted by Crippen LogP contribution is 2.24. The first-order valence-electron chi connectivity index (χ1n) is 11.4. The summed E-state index contributed by atoms with van der Waals surface area (Å²) >= 11 is 3.35. The SMILES string of the molecule is CC(C)c1nc2ccc(Br)cc2c(=O)n1N=Cc1cc([N+](=O)[O-])ccc1OCC(=O)Nc1ccccc1F. The Labute approximate surface area is 224 Å². The van der Waals surface area contributed by atoms with Crippen LogP contribution in [0.2, 0.25) is 0 Å². The van der Waals surface area contributed by atoms with Crippen LogP contribution in [0, 0.1) is 15.9 Å². The molecule has 0 aliphatic heterocycles. The number of nitro benzene ring substituents is 1. The Morgan fingerprint density at radius 3 is 2.71 bits per heavy atom. The highest BCUT2D eigenvalue weighted by Gasteiger charge is 2.16. The zero-order valence-electron chi connectivity index (χ0n) is 20.2. The van der Waals surface area contributed by atoms with E-state index in [1.807, 2.05) is 13.8 Å². The topological polar surface area (TPSA) is 129 Å². The van der Waals surface area contributed by atoms with Gasteiger partial charge in [-0.1, -0.05) is 41.9 Å². The largest absolute Gasteiger partial charge is 0.483 e. The maximum Gasteiger partial charge on any atom is 0.282 e. The lowest BCUT2D eigenvalue weighted by atomic mass is 10.2. The van der Waals surface area contributed by atoms with E-state index in [-0.39, 0.29) is 28.6 Å². The lowest BCUT2D eigenvalue weighted by Crippen LogP contribution is -2.23. The molecule has 0 saturated carbocycles. The Bertz CT molecular complexity index is 1640. The second-order valence-corrected chi connectivity index (χ2v) is 9.36. The molecule has 1 N–H and O–H groups in total. The predicted octanol–water partition coefficient (Wildman–Crippen LogP) is 5.23. The van der Waals surface area contributed by atoms with Gasteiger partial charge in [0.1, 0.15) is 17.4 Å². The van der Waals surface area contributed by atoms with Crippen molar-refractivity contribution in [3.05, 3.63) is 103 Å². The van der Waals surface area contributed by atoms with E-state index >= 15 is 0 Å². The van der Waals surface area contributed by atoms with Gasteiger partial charge in [-0.15, -0.1) is 0 Å². The van der Waals surface area contributed by atoms with Gasteiger partial charge in [0.2, 0.25) is 0 Å². The van der Waals surface area contributed by atoms with E-state index < -0.39 is 28.8 Å². The van der Waals surface area contributed by atoms with Crippen molar-refractivity contribution in [2.45, 2.75) is 19.8 Å². The molecule has 4 rings (SSSR count). The summed E-state index contributed by atoms with van der Waals surface area (Å²) in [4.78, 5) is 40.9. The summed E-state index contributed by atoms with van der Waals surface area (Å²) in [7, 11) is 0. The van der Waals surface area contributed by atoms with Crippen LogP contribution in [0.15, 0.2) is 75.0 Å². The number of anilines is 1. The maximum absolute atomic E-state index is 13.8. The summed E-state index contributed by atoms with van der Waals surface area (Å²) in [6.45, 7) is 3.21. The second-order valence-electron chi connectivity index (χ2n) is 8.44. The lowest BCUT2D eigenvalue weighted by Gasteiger charge is -2.13. The van der Waals surface area contributed by atoms with Crippen molar-refractivity contribution in [3.63, 3.8) is 0 Å². The van der Waals surface area contributed by atoms with Crippen molar-refractivity contribution in [1.82, 2.24) is 9.66 Å². The molecule has 0 atom stereocenters. The third-order valence-electron chi connectivity index (χ3n) is 5.37. The molecule has 194 valence electrons. The lowest BCUT2D eigenvalue weighted by molar-refractivity contribution is -0.384. The van der Waals surface area contributed by atoms with Crippen LogP contribution in [0.25, 0.3) is 10.9 Å². The minimum absolute atomic E-state index is 0.0115. The molecule has 0 spiro atoms. The van der Waals surface area contributed by atoms with Gasteiger partial charge in [-0.3, -0.25) is 19.7 Å². The van der Waals surface area contributed by atoms with Gasteiger partial charge in [0.15, 0.2) is 6.61 Å². The van der Waals surface area contributed by atoms with E-state index in [4.69, 9.17) is 4.74 Å². The molecular formula is C26H21BrFN5O5. The van der Waals surface area contributed by atoms with Gasteiger partial charge in [-0.25, -0.2) is 9.37 Å². The van der Waals surface area contributed by atoms with Gasteiger partial charge in [0.05, 0.1) is 27.7 Å². The molecule has 0 saturated heterocycles. The number of benzene rings is 3. The number of carbonyl (C=O) groups is 1. The Balaban J connectivity index is 1.68. The van der Waals surface area contributed by atoms with E-state index in [1.54, 1.807) is 24.3 Å². The fraction of sp³-hybridized carbons (Fsp3) is 0.154. The van der Waals surface area contributed by atoms with Gasteiger partial charge in [-0.05, 0) is 36.4 Å². The molecule has 0 aliphatic rings. The monoisotopic (exact) mass is 581 g/mol. The molecule has 3 aromatic carbocycles. The minimum atomic E-state index is -0.640. The number of hydrogen-bond acceptors (Lipinski definition) is 7. The highest BCUT2D eigenvalue weighted by atomic mass is 79.9. The summed E-state index contributed by atoms with van der Waals surface area (Å²) in [5.74, 6) is -0.932. The molecule has 0 radical (unpaired) electrons. The number of carbonyl (C=O) groups excluding carboxylic acids is 1. The number of amides is 1. The molecule has 0 unspecified atom stereocenters. The van der Waals surface area contributed by atoms with Crippen LogP contribution in [0.4, 0.5) is 15.8 Å². The van der Waals surface area contributed by atoms with E-state index in [1.165, 1.54) is 42.6 Å². The number of fused-ring (bicyclic) bond motifs is 1. The van der Waals surface area contributed by atoms with Crippen LogP contribution in [0.3, 0.4) is 0 Å². The Morgan fingerprint density at radius 1 is 1.24 bits per heavy atom. The maximum atomic E-state index is 13.8. The van der Waals surface area contributed by atoms with Crippen molar-refractivity contribution in [2.75, 3.05) is 11.9 Å². The van der Waals surface area contributed by atoms with Crippen LogP contribution in [0.1, 0.15) is 31.2 Å². The number of nitrogens with zero attached hydrogens (tertiary/aromatic N) is 4. The molecule has 12 heteroatoms. The molecular weight excluding hydrogens is 561 g/mol. The van der Waals surface area contributed by atoms with Crippen LogP contribution in [-0.4, -0.2) is 33.3 Å². The van der Waals surface area contributed by atoms with Crippen molar-refractivity contribution in [1.29, 1.82) is 0 Å². The van der Waals surface area contributed by atoms with E-state index in [9.17, 15) is 24.1 Å². The second kappa shape index (κ2) is 11.3. The van der Waals surface area contributed by atoms with Gasteiger partial charge in [-0.2, -0.15) is 9.78 Å². The summed E-state index contributed by atoms with van der Waals surface area (Å²) in [6.07, 6.45) is 1.23. The average molecular weight is 582 g/mol. The molecule has 0 bridgehead atoms. The Hall–Kier alpha value is -4.45. The quantitative estimate of drug-likeness (QED) is 0.172. The minimum Gasteiger partial charge on any atom is -0.483 e. The molecule has 1 aromatic heterocycles. The van der Waals surface area contributed by atoms with Crippen molar-refractivity contribution >= 4 is 50.3 Å². The molecule has 1 heterocycles. The van der Waals surface area contributed by atoms with Crippen LogP contribution in [-0.2, 0) is 4.79 Å². The van der Waals surface area contributed by atoms with E-state index in [0.29, 0.717) is 21.2 Å². The number of non-ortho nitro benzene ring substituents is 1. The number of aromatic nitrogens is 2. The molecule has 1 amide bonds. The van der Waals surface area contributed by atoms with Crippen molar-refractivity contribution in [2.24, 2.45) is 5.10 Å². The normalized spacial score (nSPS) is 11.3. The number of ether oxygens (including phenoxy) is 1. The van der Waals surface area contributed by atoms with Gasteiger partial charge in [0.25, 0.3) is 17.2 Å². The Morgan fingerprint density at radius 2 is 2.00 bits per heavy atom. The van der Waals surface area contributed by atoms with Gasteiger partial charge < -0.3 is 10.1 Å². The van der Waals surface area contributed by atoms with E-state index in [0.717, 1.165) is 4.68 Å². The van der Waals surface area contributed by atoms with Crippen LogP contribution < -0.4 is 15.6 Å². The van der Waals surface area contributed by atoms with Crippen LogP contribution in [0.5, 0.6) is 5.75 Å². The molecule has 0 aliphatic carbocycles. The third kappa shape index (κ3) is 5.92. The first kappa shape index (κ1) is 26.6. The smallest absolute Gasteiger partial charge is 0.282 e. The average Bonchev–Trinajstić information content (AvgIpc) is 2.88. The summed E-state index contributed by atoms with van der Waals surface area (Å²) in [6, 6.07) is 14.5. The zero-order chi connectivity index (χ0) is 27.4. The predicted molar refractivity (Wildman–Crippen MR) is 144 cm³/mol. The van der Waals surface area contributed by atoms with Crippen molar-refractivity contribution < 1.29 is 18.8 Å². The number of para-hydroxylation sites is 1.